The van der Waals surface area contributed by atoms with E-state index in [1.807, 2.05) is 0 Å². The number of hydrogen-bond donors (Lipinski definition) is 1. The van der Waals surface area contributed by atoms with Gasteiger partial charge in [0.25, 0.3) is 11.8 Å². The molecule has 3 amide bonds. The van der Waals surface area contributed by atoms with E-state index >= 15 is 0 Å². The molecule has 0 bridgehead atoms. The molecule has 1 atom stereocenters. The monoisotopic (exact) mass is 394 g/mol. The standard InChI is InChI=1S/C16H15BrN2O5/c17-10-3-4-11-12(6-10)15(22)19(14(11)21)8-13(20)18-5-1-2-9(7-18)16(23)24/h3-4,6,9H,1-2,5,7-8H2,(H,23,24)/t9-/m0/s1. The first kappa shape index (κ1) is 16.6. The fraction of sp³-hybridized carbons (Fsp3) is 0.375. The minimum atomic E-state index is -0.932. The number of fused-ring (bicyclic) bond motifs is 1. The number of likely N-dealkylation sites (tertiary alicyclic amines) is 1. The Kier molecular flexibility index (Phi) is 4.40. The Hall–Kier alpha value is -2.22. The molecule has 0 radical (unpaired) electrons. The highest BCUT2D eigenvalue weighted by atomic mass is 79.9. The predicted molar refractivity (Wildman–Crippen MR) is 86.4 cm³/mol. The summed E-state index contributed by atoms with van der Waals surface area (Å²) in [4.78, 5) is 50.5. The molecule has 1 aromatic rings. The number of carbonyl (C=O) groups excluding carboxylic acids is 3. The van der Waals surface area contributed by atoms with Crippen LogP contribution in [0, 0.1) is 5.92 Å². The van der Waals surface area contributed by atoms with E-state index < -0.39 is 29.6 Å². The van der Waals surface area contributed by atoms with Crippen LogP contribution in [0.1, 0.15) is 33.6 Å². The molecule has 1 saturated heterocycles. The fourth-order valence-corrected chi connectivity index (χ4v) is 3.41. The minimum Gasteiger partial charge on any atom is -0.481 e. The summed E-state index contributed by atoms with van der Waals surface area (Å²) in [5, 5.41) is 9.09. The van der Waals surface area contributed by atoms with Crippen molar-refractivity contribution >= 4 is 39.6 Å². The highest BCUT2D eigenvalue weighted by Gasteiger charge is 2.38. The first-order chi connectivity index (χ1) is 11.4. The Labute approximate surface area is 146 Å². The molecule has 3 rings (SSSR count). The lowest BCUT2D eigenvalue weighted by Crippen LogP contribution is -2.47. The smallest absolute Gasteiger partial charge is 0.308 e. The number of aliphatic carboxylic acids is 1. The third-order valence-electron chi connectivity index (χ3n) is 4.35. The number of nitrogens with zero attached hydrogens (tertiary/aromatic N) is 2. The van der Waals surface area contributed by atoms with Crippen molar-refractivity contribution in [2.24, 2.45) is 5.92 Å². The largest absolute Gasteiger partial charge is 0.481 e. The van der Waals surface area contributed by atoms with Crippen molar-refractivity contribution < 1.29 is 24.3 Å². The molecule has 0 saturated carbocycles. The van der Waals surface area contributed by atoms with Crippen molar-refractivity contribution in [3.8, 4) is 0 Å². The molecule has 1 aromatic carbocycles. The first-order valence-electron chi connectivity index (χ1n) is 7.55. The second-order valence-corrected chi connectivity index (χ2v) is 6.82. The Morgan fingerprint density at radius 1 is 1.21 bits per heavy atom. The lowest BCUT2D eigenvalue weighted by Gasteiger charge is -2.31. The van der Waals surface area contributed by atoms with Crippen LogP contribution in [0.25, 0.3) is 0 Å². The van der Waals surface area contributed by atoms with Gasteiger partial charge >= 0.3 is 5.97 Å². The van der Waals surface area contributed by atoms with Gasteiger partial charge in [-0.3, -0.25) is 24.1 Å². The zero-order valence-electron chi connectivity index (χ0n) is 12.7. The van der Waals surface area contributed by atoms with E-state index in [9.17, 15) is 19.2 Å². The van der Waals surface area contributed by atoms with E-state index in [1.54, 1.807) is 18.2 Å². The van der Waals surface area contributed by atoms with Crippen molar-refractivity contribution in [3.63, 3.8) is 0 Å². The number of amides is 3. The van der Waals surface area contributed by atoms with Gasteiger partial charge in [-0.05, 0) is 31.0 Å². The summed E-state index contributed by atoms with van der Waals surface area (Å²) in [6.45, 7) is 0.191. The number of rotatable bonds is 3. The maximum absolute atomic E-state index is 12.4. The summed E-state index contributed by atoms with van der Waals surface area (Å²) < 4.78 is 0.677. The maximum atomic E-state index is 12.4. The topological polar surface area (TPSA) is 95.0 Å². The van der Waals surface area contributed by atoms with Crippen LogP contribution < -0.4 is 0 Å². The van der Waals surface area contributed by atoms with Gasteiger partial charge in [0.15, 0.2) is 0 Å². The predicted octanol–water partition coefficient (Wildman–Crippen LogP) is 1.37. The molecule has 0 aliphatic carbocycles. The van der Waals surface area contributed by atoms with Crippen LogP contribution in [0.3, 0.4) is 0 Å². The van der Waals surface area contributed by atoms with Gasteiger partial charge in [0.2, 0.25) is 5.91 Å². The van der Waals surface area contributed by atoms with Crippen LogP contribution in [-0.4, -0.2) is 58.2 Å². The molecule has 24 heavy (non-hydrogen) atoms. The number of hydrogen-bond acceptors (Lipinski definition) is 4. The number of halogens is 1. The Morgan fingerprint density at radius 2 is 1.92 bits per heavy atom. The van der Waals surface area contributed by atoms with Gasteiger partial charge < -0.3 is 10.0 Å². The van der Waals surface area contributed by atoms with Crippen LogP contribution in [0.2, 0.25) is 0 Å². The summed E-state index contributed by atoms with van der Waals surface area (Å²) in [7, 11) is 0. The number of imide groups is 1. The SMILES string of the molecule is O=C(O)[C@H]1CCCN(C(=O)CN2C(=O)c3ccc(Br)cc3C2=O)C1. The Balaban J connectivity index is 1.72. The van der Waals surface area contributed by atoms with Gasteiger partial charge in [-0.15, -0.1) is 0 Å². The van der Waals surface area contributed by atoms with Crippen LogP contribution in [0.5, 0.6) is 0 Å². The van der Waals surface area contributed by atoms with Gasteiger partial charge in [0.05, 0.1) is 17.0 Å². The van der Waals surface area contributed by atoms with E-state index in [-0.39, 0.29) is 24.2 Å². The van der Waals surface area contributed by atoms with E-state index in [0.717, 1.165) is 4.90 Å². The zero-order valence-corrected chi connectivity index (χ0v) is 14.3. The molecule has 2 aliphatic heterocycles. The fourth-order valence-electron chi connectivity index (χ4n) is 3.05. The lowest BCUT2D eigenvalue weighted by molar-refractivity contribution is -0.145. The maximum Gasteiger partial charge on any atom is 0.308 e. The Bertz CT molecular complexity index is 748. The number of carboxylic acid groups (broad SMARTS) is 1. The van der Waals surface area contributed by atoms with Gasteiger partial charge in [0.1, 0.15) is 6.54 Å². The van der Waals surface area contributed by atoms with Crippen LogP contribution in [0.15, 0.2) is 22.7 Å². The van der Waals surface area contributed by atoms with Gasteiger partial charge in [-0.2, -0.15) is 0 Å². The van der Waals surface area contributed by atoms with E-state index in [4.69, 9.17) is 5.11 Å². The number of piperidine rings is 1. The summed E-state index contributed by atoms with van der Waals surface area (Å²) >= 11 is 3.25. The molecule has 1 fully saturated rings. The normalized spacial score (nSPS) is 20.3. The minimum absolute atomic E-state index is 0.114. The molecule has 2 heterocycles. The third kappa shape index (κ3) is 2.93. The molecule has 0 unspecified atom stereocenters. The second-order valence-electron chi connectivity index (χ2n) is 5.90. The average molecular weight is 395 g/mol. The van der Waals surface area contributed by atoms with Crippen LogP contribution >= 0.6 is 15.9 Å². The van der Waals surface area contributed by atoms with Crippen LogP contribution in [0.4, 0.5) is 0 Å². The summed E-state index contributed by atoms with van der Waals surface area (Å²) in [5.41, 5.74) is 0.544. The van der Waals surface area contributed by atoms with Crippen molar-refractivity contribution in [1.29, 1.82) is 0 Å². The summed E-state index contributed by atoms with van der Waals surface area (Å²) in [6, 6.07) is 4.77. The first-order valence-corrected chi connectivity index (χ1v) is 8.34. The molecule has 0 aromatic heterocycles. The number of benzene rings is 1. The molecule has 0 spiro atoms. The number of carbonyl (C=O) groups is 4. The van der Waals surface area contributed by atoms with E-state index in [1.165, 1.54) is 4.90 Å². The van der Waals surface area contributed by atoms with Gasteiger partial charge in [-0.25, -0.2) is 0 Å². The molecular weight excluding hydrogens is 380 g/mol. The zero-order chi connectivity index (χ0) is 17.4. The highest BCUT2D eigenvalue weighted by molar-refractivity contribution is 9.10. The van der Waals surface area contributed by atoms with E-state index in [0.29, 0.717) is 23.9 Å². The quantitative estimate of drug-likeness (QED) is 0.781. The average Bonchev–Trinajstić information content (AvgIpc) is 2.79. The lowest BCUT2D eigenvalue weighted by atomic mass is 9.98. The van der Waals surface area contributed by atoms with Crippen LogP contribution in [-0.2, 0) is 9.59 Å². The van der Waals surface area contributed by atoms with Crippen molar-refractivity contribution in [2.45, 2.75) is 12.8 Å². The number of carboxylic acids is 1. The molecular formula is C16H15BrN2O5. The summed E-state index contributed by atoms with van der Waals surface area (Å²) in [6.07, 6.45) is 1.12. The van der Waals surface area contributed by atoms with Gasteiger partial charge in [0, 0.05) is 17.6 Å². The molecule has 7 nitrogen and oxygen atoms in total. The third-order valence-corrected chi connectivity index (χ3v) is 4.84. The molecule has 2 aliphatic rings. The van der Waals surface area contributed by atoms with Gasteiger partial charge in [-0.1, -0.05) is 15.9 Å². The molecule has 126 valence electrons. The van der Waals surface area contributed by atoms with Crippen molar-refractivity contribution in [3.05, 3.63) is 33.8 Å². The molecule has 1 N–H and O–H groups in total. The summed E-state index contributed by atoms with van der Waals surface area (Å²) in [5.74, 6) is -2.94. The van der Waals surface area contributed by atoms with Crippen molar-refractivity contribution in [1.82, 2.24) is 9.80 Å². The van der Waals surface area contributed by atoms with Crippen molar-refractivity contribution in [2.75, 3.05) is 19.6 Å². The Morgan fingerprint density at radius 3 is 2.62 bits per heavy atom. The molecule has 8 heteroatoms. The highest BCUT2D eigenvalue weighted by Crippen LogP contribution is 2.26. The van der Waals surface area contributed by atoms with E-state index in [2.05, 4.69) is 15.9 Å². The second kappa shape index (κ2) is 6.35.